The predicted octanol–water partition coefficient (Wildman–Crippen LogP) is 2.31. The van der Waals surface area contributed by atoms with Crippen LogP contribution < -0.4 is 11.1 Å². The van der Waals surface area contributed by atoms with Gasteiger partial charge in [-0.3, -0.25) is 14.9 Å². The fraction of sp³-hybridized carbons (Fsp3) is 0.438. The second kappa shape index (κ2) is 7.22. The maximum Gasteiger partial charge on any atom is 0.433 e. The Morgan fingerprint density at radius 1 is 1.36 bits per heavy atom. The van der Waals surface area contributed by atoms with Crippen LogP contribution in [0.25, 0.3) is 0 Å². The first-order valence-electron chi connectivity index (χ1n) is 7.70. The van der Waals surface area contributed by atoms with Crippen molar-refractivity contribution in [3.05, 3.63) is 47.5 Å². The summed E-state index contributed by atoms with van der Waals surface area (Å²) in [4.78, 5) is 16.7. The molecule has 6 nitrogen and oxygen atoms in total. The third kappa shape index (κ3) is 4.36. The Bertz CT molecular complexity index is 712. The van der Waals surface area contributed by atoms with Crippen LogP contribution in [0.15, 0.2) is 30.7 Å². The molecule has 0 bridgehead atoms. The van der Waals surface area contributed by atoms with Crippen LogP contribution in [0.1, 0.15) is 43.0 Å². The number of nitrogens with two attached hydrogens (primary N) is 1. The summed E-state index contributed by atoms with van der Waals surface area (Å²) in [6.07, 6.45) is -0.341. The average molecular weight is 355 g/mol. The first-order chi connectivity index (χ1) is 11.7. The first-order valence-corrected chi connectivity index (χ1v) is 7.70. The Morgan fingerprint density at radius 3 is 2.64 bits per heavy atom. The van der Waals surface area contributed by atoms with Crippen LogP contribution in [0.2, 0.25) is 0 Å². The number of H-pyrrole nitrogens is 1. The molecule has 0 aliphatic rings. The van der Waals surface area contributed by atoms with E-state index in [1.165, 1.54) is 0 Å². The molecule has 2 rings (SSSR count). The molecule has 9 heteroatoms. The number of carbonyl (C=O) groups excluding carboxylic acids is 1. The van der Waals surface area contributed by atoms with Crippen molar-refractivity contribution < 1.29 is 18.0 Å². The predicted molar refractivity (Wildman–Crippen MR) is 85.4 cm³/mol. The lowest BCUT2D eigenvalue weighted by atomic mass is 9.91. The van der Waals surface area contributed by atoms with Crippen LogP contribution in [0.4, 0.5) is 13.2 Å². The van der Waals surface area contributed by atoms with E-state index in [9.17, 15) is 18.0 Å². The Labute approximate surface area is 143 Å². The maximum absolute atomic E-state index is 13.1. The Kier molecular flexibility index (Phi) is 5.46. The van der Waals surface area contributed by atoms with Gasteiger partial charge in [0.15, 0.2) is 0 Å². The number of hydrogen-bond acceptors (Lipinski definition) is 4. The molecule has 2 aromatic heterocycles. The quantitative estimate of drug-likeness (QED) is 0.741. The van der Waals surface area contributed by atoms with Gasteiger partial charge in [0.1, 0.15) is 5.69 Å². The van der Waals surface area contributed by atoms with Crippen LogP contribution in [0, 0.1) is 0 Å². The van der Waals surface area contributed by atoms with Crippen LogP contribution in [0.5, 0.6) is 0 Å². The summed E-state index contributed by atoms with van der Waals surface area (Å²) in [5.74, 6) is -1.61. The summed E-state index contributed by atoms with van der Waals surface area (Å²) in [6, 6.07) is 3.50. The second-order valence-corrected chi connectivity index (χ2v) is 6.18. The fourth-order valence-corrected chi connectivity index (χ4v) is 2.58. The fourth-order valence-electron chi connectivity index (χ4n) is 2.58. The molecule has 0 aromatic carbocycles. The third-order valence-corrected chi connectivity index (χ3v) is 3.92. The van der Waals surface area contributed by atoms with Gasteiger partial charge >= 0.3 is 6.18 Å². The molecule has 136 valence electrons. The minimum absolute atomic E-state index is 0.0634. The summed E-state index contributed by atoms with van der Waals surface area (Å²) < 4.78 is 39.3. The lowest BCUT2D eigenvalue weighted by Gasteiger charge is -2.29. The molecular weight excluding hydrogens is 335 g/mol. The zero-order valence-electron chi connectivity index (χ0n) is 13.9. The standard InChI is InChI=1S/C16H20F3N5O/c1-15(2,10-4-3-7-21-8-10)23-14(25)11(5-6-20)12-9-22-24-13(12)16(17,18)19/h3-4,7-9,11H,5-6,20H2,1-2H3,(H,22,24)(H,23,25). The lowest BCUT2D eigenvalue weighted by Crippen LogP contribution is -2.44. The van der Waals surface area contributed by atoms with E-state index in [0.717, 1.165) is 11.8 Å². The normalized spacial score (nSPS) is 13.5. The van der Waals surface area contributed by atoms with E-state index < -0.39 is 29.2 Å². The van der Waals surface area contributed by atoms with E-state index in [4.69, 9.17) is 5.73 Å². The van der Waals surface area contributed by atoms with Gasteiger partial charge in [0.25, 0.3) is 0 Å². The highest BCUT2D eigenvalue weighted by molar-refractivity contribution is 5.84. The molecule has 1 atom stereocenters. The van der Waals surface area contributed by atoms with Crippen molar-refractivity contribution in [2.45, 2.75) is 37.9 Å². The second-order valence-electron chi connectivity index (χ2n) is 6.18. The molecule has 0 radical (unpaired) electrons. The van der Waals surface area contributed by atoms with Gasteiger partial charge in [-0.2, -0.15) is 18.3 Å². The van der Waals surface area contributed by atoms with Gasteiger partial charge < -0.3 is 11.1 Å². The highest BCUT2D eigenvalue weighted by Gasteiger charge is 2.39. The van der Waals surface area contributed by atoms with Crippen molar-refractivity contribution in [1.29, 1.82) is 0 Å². The Hall–Kier alpha value is -2.42. The molecule has 25 heavy (non-hydrogen) atoms. The number of halogens is 3. The smallest absolute Gasteiger partial charge is 0.347 e. The molecule has 4 N–H and O–H groups in total. The van der Waals surface area contributed by atoms with Gasteiger partial charge in [-0.15, -0.1) is 0 Å². The highest BCUT2D eigenvalue weighted by atomic mass is 19.4. The van der Waals surface area contributed by atoms with E-state index in [1.54, 1.807) is 38.4 Å². The number of aromatic amines is 1. The summed E-state index contributed by atoms with van der Waals surface area (Å²) in [5, 5.41) is 8.16. The Morgan fingerprint density at radius 2 is 2.08 bits per heavy atom. The monoisotopic (exact) mass is 355 g/mol. The lowest BCUT2D eigenvalue weighted by molar-refractivity contribution is -0.142. The van der Waals surface area contributed by atoms with Crippen LogP contribution in [-0.4, -0.2) is 27.6 Å². The number of amides is 1. The van der Waals surface area contributed by atoms with E-state index in [1.807, 2.05) is 5.10 Å². The molecule has 1 amide bonds. The van der Waals surface area contributed by atoms with Crippen molar-refractivity contribution in [3.8, 4) is 0 Å². The molecule has 2 aromatic rings. The average Bonchev–Trinajstić information content (AvgIpc) is 3.02. The number of rotatable bonds is 6. The van der Waals surface area contributed by atoms with Crippen molar-refractivity contribution >= 4 is 5.91 Å². The summed E-state index contributed by atoms with van der Waals surface area (Å²) in [5.41, 5.74) is 4.20. The number of aromatic nitrogens is 3. The summed E-state index contributed by atoms with van der Waals surface area (Å²) in [7, 11) is 0. The van der Waals surface area contributed by atoms with Gasteiger partial charge in [-0.05, 0) is 38.4 Å². The van der Waals surface area contributed by atoms with Gasteiger partial charge in [0.05, 0.1) is 17.7 Å². The SMILES string of the molecule is CC(C)(NC(=O)C(CCN)c1cn[nH]c1C(F)(F)F)c1cccnc1. The molecule has 0 aliphatic heterocycles. The largest absolute Gasteiger partial charge is 0.433 e. The molecule has 0 aliphatic carbocycles. The van der Waals surface area contributed by atoms with Gasteiger partial charge in [0.2, 0.25) is 5.91 Å². The maximum atomic E-state index is 13.1. The van der Waals surface area contributed by atoms with E-state index >= 15 is 0 Å². The first kappa shape index (κ1) is 18.9. The molecule has 0 saturated carbocycles. The topological polar surface area (TPSA) is 96.7 Å². The van der Waals surface area contributed by atoms with Gasteiger partial charge in [0, 0.05) is 18.0 Å². The van der Waals surface area contributed by atoms with E-state index in [2.05, 4.69) is 15.4 Å². The minimum atomic E-state index is -4.63. The third-order valence-electron chi connectivity index (χ3n) is 3.92. The van der Waals surface area contributed by atoms with Crippen molar-refractivity contribution in [3.63, 3.8) is 0 Å². The number of carbonyl (C=O) groups is 1. The summed E-state index contributed by atoms with van der Waals surface area (Å²) >= 11 is 0. The zero-order chi connectivity index (χ0) is 18.7. The van der Waals surface area contributed by atoms with E-state index in [-0.39, 0.29) is 18.5 Å². The van der Waals surface area contributed by atoms with Crippen molar-refractivity contribution in [2.75, 3.05) is 6.54 Å². The van der Waals surface area contributed by atoms with Crippen LogP contribution in [-0.2, 0) is 16.5 Å². The molecule has 0 saturated heterocycles. The number of nitrogens with zero attached hydrogens (tertiary/aromatic N) is 2. The molecule has 0 spiro atoms. The minimum Gasteiger partial charge on any atom is -0.347 e. The molecule has 0 fully saturated rings. The number of hydrogen-bond donors (Lipinski definition) is 3. The molecule has 2 heterocycles. The molecular formula is C16H20F3N5O. The number of pyridine rings is 1. The molecule has 1 unspecified atom stereocenters. The number of alkyl halides is 3. The number of nitrogens with one attached hydrogen (secondary N) is 2. The van der Waals surface area contributed by atoms with Crippen molar-refractivity contribution in [2.24, 2.45) is 5.73 Å². The highest BCUT2D eigenvalue weighted by Crippen LogP contribution is 2.35. The van der Waals surface area contributed by atoms with Crippen molar-refractivity contribution in [1.82, 2.24) is 20.5 Å². The van der Waals surface area contributed by atoms with E-state index in [0.29, 0.717) is 0 Å². The zero-order valence-corrected chi connectivity index (χ0v) is 13.9. The Balaban J connectivity index is 2.29. The van der Waals surface area contributed by atoms with Gasteiger partial charge in [-0.1, -0.05) is 6.07 Å². The van der Waals surface area contributed by atoms with Crippen LogP contribution >= 0.6 is 0 Å². The summed E-state index contributed by atoms with van der Waals surface area (Å²) in [6.45, 7) is 3.57. The van der Waals surface area contributed by atoms with Gasteiger partial charge in [-0.25, -0.2) is 0 Å². The van der Waals surface area contributed by atoms with Crippen LogP contribution in [0.3, 0.4) is 0 Å².